The Hall–Kier alpha value is -3.54. The van der Waals surface area contributed by atoms with Crippen LogP contribution < -0.4 is 5.10 Å². The van der Waals surface area contributed by atoms with Gasteiger partial charge >= 0.3 is 0 Å². The first kappa shape index (κ1) is 23.1. The molecule has 5 rings (SSSR count). The zero-order valence-electron chi connectivity index (χ0n) is 17.6. The van der Waals surface area contributed by atoms with Crippen LogP contribution in [-0.2, 0) is 24.9 Å². The normalized spacial score (nSPS) is 11.0. The van der Waals surface area contributed by atoms with Crippen molar-refractivity contribution in [2.24, 2.45) is 0 Å². The summed E-state index contributed by atoms with van der Waals surface area (Å²) in [5, 5.41) is 19.4. The van der Waals surface area contributed by atoms with Gasteiger partial charge in [-0.3, -0.25) is 14.9 Å². The predicted molar refractivity (Wildman–Crippen MR) is 122 cm³/mol. The van der Waals surface area contributed by atoms with Crippen molar-refractivity contribution in [3.05, 3.63) is 90.8 Å². The number of allylic oxidation sites excluding steroid dienone is 2. The van der Waals surface area contributed by atoms with Crippen molar-refractivity contribution in [3.63, 3.8) is 0 Å². The Morgan fingerprint density at radius 2 is 1.66 bits per heavy atom. The molecule has 3 aromatic heterocycles. The number of carbonyl (C=O) groups is 1. The zero-order chi connectivity index (χ0) is 21.8. The van der Waals surface area contributed by atoms with Crippen molar-refractivity contribution in [1.29, 1.82) is 0 Å². The fraction of sp³-hybridized carbons (Fsp3) is 0.0800. The number of hydrogen-bond donors (Lipinski definition) is 1. The van der Waals surface area contributed by atoms with Crippen LogP contribution in [0.25, 0.3) is 39.0 Å². The zero-order valence-corrected chi connectivity index (χ0v) is 20.0. The summed E-state index contributed by atoms with van der Waals surface area (Å²) in [6.45, 7) is 2.85. The summed E-state index contributed by atoms with van der Waals surface area (Å²) < 4.78 is 2.07. The molecule has 0 aliphatic carbocycles. The average molecular weight is 602 g/mol. The van der Waals surface area contributed by atoms with E-state index in [1.54, 1.807) is 0 Å². The first-order valence-corrected chi connectivity index (χ1v) is 9.83. The number of aromatic nitrogens is 4. The molecule has 6 nitrogen and oxygen atoms in total. The average Bonchev–Trinajstić information content (AvgIpc) is 3.36. The van der Waals surface area contributed by atoms with Crippen LogP contribution in [0.5, 0.6) is 0 Å². The Morgan fingerprint density at radius 1 is 0.969 bits per heavy atom. The third kappa shape index (κ3) is 4.85. The van der Waals surface area contributed by atoms with Gasteiger partial charge in [-0.25, -0.2) is 0 Å². The number of para-hydroxylation sites is 1. The Morgan fingerprint density at radius 3 is 2.34 bits per heavy atom. The van der Waals surface area contributed by atoms with Gasteiger partial charge in [0.25, 0.3) is 0 Å². The molecule has 0 spiro atoms. The number of hydrogen-bond acceptors (Lipinski definition) is 4. The number of carbonyl (C=O) groups excluding carboxylic acids is 1. The molecule has 0 saturated carbocycles. The molecular weight excluding hydrogens is 581 g/mol. The number of aliphatic hydroxyl groups excluding tert-OH is 1. The Balaban J connectivity index is 0.000000318. The molecule has 163 valence electrons. The second-order valence-corrected chi connectivity index (χ2v) is 7.08. The maximum atomic E-state index is 10.0. The van der Waals surface area contributed by atoms with E-state index in [2.05, 4.69) is 37.9 Å². The monoisotopic (exact) mass is 602 g/mol. The minimum absolute atomic E-state index is 0. The molecule has 0 fully saturated rings. The van der Waals surface area contributed by atoms with Gasteiger partial charge in [0, 0.05) is 43.3 Å². The van der Waals surface area contributed by atoms with Crippen LogP contribution >= 0.6 is 0 Å². The van der Waals surface area contributed by atoms with E-state index in [4.69, 9.17) is 5.11 Å². The third-order valence-corrected chi connectivity index (χ3v) is 4.67. The van der Waals surface area contributed by atoms with Gasteiger partial charge in [0.05, 0.1) is 17.1 Å². The number of benzene rings is 2. The number of fused-ring (bicyclic) bond motifs is 3. The van der Waals surface area contributed by atoms with E-state index in [0.717, 1.165) is 33.6 Å². The Bertz CT molecular complexity index is 1330. The van der Waals surface area contributed by atoms with E-state index in [1.165, 1.54) is 25.3 Å². The van der Waals surface area contributed by atoms with Gasteiger partial charge in [-0.2, -0.15) is 0 Å². The van der Waals surface area contributed by atoms with Crippen molar-refractivity contribution >= 4 is 27.7 Å². The van der Waals surface area contributed by atoms with E-state index >= 15 is 0 Å². The minimum atomic E-state index is -0.125. The topological polar surface area (TPSA) is 82.1 Å². The largest absolute Gasteiger partial charge is 0.512 e. The molecule has 0 atom stereocenters. The van der Waals surface area contributed by atoms with E-state index in [9.17, 15) is 4.79 Å². The number of ketones is 1. The maximum absolute atomic E-state index is 10.0. The molecule has 32 heavy (non-hydrogen) atoms. The van der Waals surface area contributed by atoms with Gasteiger partial charge in [0.15, 0.2) is 5.78 Å². The number of nitrogens with zero attached hydrogens (tertiary/aromatic N) is 4. The fourth-order valence-electron chi connectivity index (χ4n) is 3.47. The summed E-state index contributed by atoms with van der Waals surface area (Å²) in [5.74, 6) is 0.728. The summed E-state index contributed by atoms with van der Waals surface area (Å²) in [7, 11) is 0. The standard InChI is InChI=1S/C20H13N4.C5H8O2.Ir/c1-2-7-14(8-3-1)17-13-19(23-22-17)24-18-11-5-4-9-15(18)16-10-6-12-21-20(16)24;1-4(6)3-5(2)7;/h1-13H;3,6H,1-2H3;/q-1;;/b;4-3-;. The van der Waals surface area contributed by atoms with Gasteiger partial charge in [0.2, 0.25) is 0 Å². The summed E-state index contributed by atoms with van der Waals surface area (Å²) in [4.78, 5) is 14.6. The van der Waals surface area contributed by atoms with Crippen molar-refractivity contribution in [2.75, 3.05) is 0 Å². The molecule has 7 heteroatoms. The molecule has 5 aromatic rings. The van der Waals surface area contributed by atoms with Crippen molar-refractivity contribution < 1.29 is 30.0 Å². The molecule has 0 aliphatic rings. The predicted octanol–water partition coefficient (Wildman–Crippen LogP) is 5.23. The van der Waals surface area contributed by atoms with Crippen molar-refractivity contribution in [2.45, 2.75) is 13.8 Å². The van der Waals surface area contributed by atoms with E-state index < -0.39 is 0 Å². The molecule has 0 amide bonds. The van der Waals surface area contributed by atoms with Gasteiger partial charge in [0.1, 0.15) is 0 Å². The van der Waals surface area contributed by atoms with Gasteiger partial charge in [-0.05, 0) is 42.7 Å². The molecule has 0 saturated heterocycles. The molecule has 2 aromatic carbocycles. The first-order chi connectivity index (χ1) is 15.0. The Kier molecular flexibility index (Phi) is 7.36. The SMILES string of the molecule is CC(=O)/C=C(/C)O.[Ir].c1ccc(-c2cc(-n3c4ccccc4c4cccnc43)[n-]n2)cc1. The van der Waals surface area contributed by atoms with E-state index in [1.807, 2.05) is 60.8 Å². The van der Waals surface area contributed by atoms with Crippen molar-refractivity contribution in [3.8, 4) is 17.1 Å². The number of pyridine rings is 1. The maximum Gasteiger partial charge on any atom is 0.155 e. The molecule has 1 N–H and O–H groups in total. The third-order valence-electron chi connectivity index (χ3n) is 4.67. The summed E-state index contributed by atoms with van der Waals surface area (Å²) in [5.41, 5.74) is 3.92. The quantitative estimate of drug-likeness (QED) is 0.226. The smallest absolute Gasteiger partial charge is 0.155 e. The van der Waals surface area contributed by atoms with Crippen molar-refractivity contribution in [1.82, 2.24) is 19.7 Å². The van der Waals surface area contributed by atoms with Crippen LogP contribution in [0.2, 0.25) is 0 Å². The molecule has 0 unspecified atom stereocenters. The number of rotatable bonds is 3. The summed E-state index contributed by atoms with van der Waals surface area (Å²) >= 11 is 0. The van der Waals surface area contributed by atoms with Gasteiger partial charge < -0.3 is 14.8 Å². The van der Waals surface area contributed by atoms with Crippen LogP contribution in [0.15, 0.2) is 90.8 Å². The fourth-order valence-corrected chi connectivity index (χ4v) is 3.47. The minimum Gasteiger partial charge on any atom is -0.512 e. The van der Waals surface area contributed by atoms with Crippen LogP contribution in [0.1, 0.15) is 13.8 Å². The number of aliphatic hydroxyl groups is 1. The summed E-state index contributed by atoms with van der Waals surface area (Å²) in [6.07, 6.45) is 2.98. The molecule has 0 aliphatic heterocycles. The molecule has 1 radical (unpaired) electrons. The van der Waals surface area contributed by atoms with Crippen LogP contribution in [0.4, 0.5) is 0 Å². The van der Waals surface area contributed by atoms with Crippen LogP contribution in [0, 0.1) is 0 Å². The molecule has 3 heterocycles. The second kappa shape index (κ2) is 10.2. The van der Waals surface area contributed by atoms with Gasteiger partial charge in [-0.15, -0.1) is 0 Å². The van der Waals surface area contributed by atoms with Crippen LogP contribution in [-0.4, -0.2) is 25.5 Å². The second-order valence-electron chi connectivity index (χ2n) is 7.08. The first-order valence-electron chi connectivity index (χ1n) is 9.83. The molecule has 0 bridgehead atoms. The summed E-state index contributed by atoms with van der Waals surface area (Å²) in [6, 6.07) is 24.4. The van der Waals surface area contributed by atoms with Gasteiger partial charge in [-0.1, -0.05) is 60.7 Å². The van der Waals surface area contributed by atoms with Crippen LogP contribution in [0.3, 0.4) is 0 Å². The van der Waals surface area contributed by atoms with E-state index in [0.29, 0.717) is 0 Å². The Labute approximate surface area is 199 Å². The molecular formula is C25H21IrN4O2-. The van der Waals surface area contributed by atoms with E-state index in [-0.39, 0.29) is 31.6 Å².